The van der Waals surface area contributed by atoms with Gasteiger partial charge in [0.1, 0.15) is 0 Å². The maximum Gasteiger partial charge on any atom is 0.0544 e. The van der Waals surface area contributed by atoms with Gasteiger partial charge >= 0.3 is 0 Å². The smallest absolute Gasteiger partial charge is 0.0544 e. The van der Waals surface area contributed by atoms with Gasteiger partial charge in [0.15, 0.2) is 0 Å². The zero-order chi connectivity index (χ0) is 17.7. The van der Waals surface area contributed by atoms with E-state index in [0.717, 1.165) is 0 Å². The lowest BCUT2D eigenvalue weighted by Crippen LogP contribution is -1.93. The van der Waals surface area contributed by atoms with E-state index in [9.17, 15) is 0 Å². The fourth-order valence-electron chi connectivity index (χ4n) is 4.15. The maximum atomic E-state index is 3.64. The summed E-state index contributed by atoms with van der Waals surface area (Å²) in [5.74, 6) is 0.489. The Bertz CT molecular complexity index is 1260. The third-order valence-corrected chi connectivity index (χ3v) is 5.39. The maximum absolute atomic E-state index is 3.64. The highest BCUT2D eigenvalue weighted by molar-refractivity contribution is 6.20. The summed E-state index contributed by atoms with van der Waals surface area (Å²) in [5, 5.41) is 5.18. The molecule has 0 saturated heterocycles. The second kappa shape index (κ2) is 5.74. The van der Waals surface area contributed by atoms with Crippen LogP contribution in [0.3, 0.4) is 0 Å². The van der Waals surface area contributed by atoms with Crippen molar-refractivity contribution in [3.63, 3.8) is 0 Å². The highest BCUT2D eigenvalue weighted by Crippen LogP contribution is 2.40. The minimum absolute atomic E-state index is 0.489. The van der Waals surface area contributed by atoms with Gasteiger partial charge in [-0.15, -0.1) is 0 Å². The molecular formula is C25H21N. The molecule has 26 heavy (non-hydrogen) atoms. The molecule has 0 atom stereocenters. The van der Waals surface area contributed by atoms with Crippen LogP contribution in [0.2, 0.25) is 0 Å². The van der Waals surface area contributed by atoms with E-state index < -0.39 is 0 Å². The number of hydrogen-bond acceptors (Lipinski definition) is 0. The molecule has 1 N–H and O–H groups in total. The normalized spacial score (nSPS) is 11.8. The Kier molecular flexibility index (Phi) is 3.36. The Morgan fingerprint density at radius 1 is 0.615 bits per heavy atom. The van der Waals surface area contributed by atoms with Crippen LogP contribution in [0.1, 0.15) is 25.3 Å². The van der Waals surface area contributed by atoms with Crippen molar-refractivity contribution in [2.45, 2.75) is 19.8 Å². The van der Waals surface area contributed by atoms with Gasteiger partial charge in [-0.05, 0) is 40.1 Å². The Balaban J connectivity index is 1.98. The van der Waals surface area contributed by atoms with Gasteiger partial charge in [0.05, 0.1) is 5.52 Å². The average Bonchev–Trinajstić information content (AvgIpc) is 3.06. The molecule has 0 bridgehead atoms. The molecule has 1 aromatic heterocycles. The third kappa shape index (κ3) is 2.17. The quantitative estimate of drug-likeness (QED) is 0.349. The number of nitrogens with one attached hydrogen (secondary N) is 1. The van der Waals surface area contributed by atoms with Crippen LogP contribution in [0.5, 0.6) is 0 Å². The monoisotopic (exact) mass is 335 g/mol. The molecule has 1 heteroatoms. The lowest BCUT2D eigenvalue weighted by molar-refractivity contribution is 0.869. The predicted octanol–water partition coefficient (Wildman–Crippen LogP) is 7.26. The van der Waals surface area contributed by atoms with Gasteiger partial charge in [0.2, 0.25) is 0 Å². The minimum atomic E-state index is 0.489. The lowest BCUT2D eigenvalue weighted by atomic mass is 9.89. The highest BCUT2D eigenvalue weighted by Gasteiger charge is 2.15. The summed E-state index contributed by atoms with van der Waals surface area (Å²) in [6, 6.07) is 28.5. The fourth-order valence-corrected chi connectivity index (χ4v) is 4.15. The van der Waals surface area contributed by atoms with E-state index in [0.29, 0.717) is 5.92 Å². The Morgan fingerprint density at radius 3 is 2.08 bits per heavy atom. The molecule has 0 spiro atoms. The molecule has 0 aliphatic rings. The first-order chi connectivity index (χ1) is 12.7. The van der Waals surface area contributed by atoms with E-state index in [4.69, 9.17) is 0 Å². The third-order valence-electron chi connectivity index (χ3n) is 5.39. The van der Waals surface area contributed by atoms with Crippen molar-refractivity contribution in [2.24, 2.45) is 0 Å². The second-order valence-electron chi connectivity index (χ2n) is 7.30. The first kappa shape index (κ1) is 15.2. The van der Waals surface area contributed by atoms with Crippen LogP contribution >= 0.6 is 0 Å². The second-order valence-corrected chi connectivity index (χ2v) is 7.30. The van der Waals surface area contributed by atoms with Gasteiger partial charge in [0, 0.05) is 21.7 Å². The van der Waals surface area contributed by atoms with E-state index in [1.165, 1.54) is 49.3 Å². The van der Waals surface area contributed by atoms with Gasteiger partial charge in [-0.3, -0.25) is 0 Å². The predicted molar refractivity (Wildman–Crippen MR) is 113 cm³/mol. The zero-order valence-corrected chi connectivity index (χ0v) is 15.1. The van der Waals surface area contributed by atoms with Crippen molar-refractivity contribution < 1.29 is 0 Å². The highest BCUT2D eigenvalue weighted by atomic mass is 14.7. The Labute approximate surface area is 153 Å². The molecule has 0 aliphatic heterocycles. The summed E-state index contributed by atoms with van der Waals surface area (Å²) < 4.78 is 0. The standard InChI is InChI=1S/C25H21N/c1-16(2)17-9-3-4-10-18(17)22-15-23-20-12-7-8-14-24(20)26-25(23)21-13-6-5-11-19(21)22/h3-16,26H,1-2H3. The van der Waals surface area contributed by atoms with Gasteiger partial charge in [-0.1, -0.05) is 80.6 Å². The van der Waals surface area contributed by atoms with Crippen molar-refractivity contribution in [1.82, 2.24) is 4.98 Å². The molecule has 1 nitrogen and oxygen atoms in total. The summed E-state index contributed by atoms with van der Waals surface area (Å²) in [6.07, 6.45) is 0. The minimum Gasteiger partial charge on any atom is -0.354 e. The molecular weight excluding hydrogens is 314 g/mol. The van der Waals surface area contributed by atoms with Crippen LogP contribution in [0.4, 0.5) is 0 Å². The summed E-state index contributed by atoms with van der Waals surface area (Å²) >= 11 is 0. The molecule has 1 heterocycles. The number of hydrogen-bond donors (Lipinski definition) is 1. The number of H-pyrrole nitrogens is 1. The number of benzene rings is 4. The average molecular weight is 335 g/mol. The van der Waals surface area contributed by atoms with Gasteiger partial charge in [-0.25, -0.2) is 0 Å². The van der Waals surface area contributed by atoms with E-state index in [1.807, 2.05) is 0 Å². The first-order valence-electron chi connectivity index (χ1n) is 9.25. The van der Waals surface area contributed by atoms with Crippen molar-refractivity contribution in [2.75, 3.05) is 0 Å². The van der Waals surface area contributed by atoms with Crippen LogP contribution in [-0.2, 0) is 0 Å². The number of aromatic nitrogens is 1. The summed E-state index contributed by atoms with van der Waals surface area (Å²) in [7, 11) is 0. The number of para-hydroxylation sites is 1. The summed E-state index contributed by atoms with van der Waals surface area (Å²) in [6.45, 7) is 4.54. The molecule has 126 valence electrons. The van der Waals surface area contributed by atoms with Crippen molar-refractivity contribution in [3.05, 3.63) is 84.4 Å². The molecule has 5 rings (SSSR count). The largest absolute Gasteiger partial charge is 0.354 e. The van der Waals surface area contributed by atoms with Crippen LogP contribution in [0.15, 0.2) is 78.9 Å². The van der Waals surface area contributed by atoms with Crippen molar-refractivity contribution in [3.8, 4) is 11.1 Å². The van der Waals surface area contributed by atoms with Gasteiger partial charge in [-0.2, -0.15) is 0 Å². The number of rotatable bonds is 2. The summed E-state index contributed by atoms with van der Waals surface area (Å²) in [5.41, 5.74) is 6.49. The molecule has 4 aromatic carbocycles. The Morgan fingerprint density at radius 2 is 1.27 bits per heavy atom. The number of aromatic amines is 1. The molecule has 0 amide bonds. The van der Waals surface area contributed by atoms with Crippen LogP contribution in [0, 0.1) is 0 Å². The molecule has 0 saturated carbocycles. The van der Waals surface area contributed by atoms with Crippen molar-refractivity contribution in [1.29, 1.82) is 0 Å². The zero-order valence-electron chi connectivity index (χ0n) is 15.1. The molecule has 0 fully saturated rings. The molecule has 5 aromatic rings. The van der Waals surface area contributed by atoms with Crippen LogP contribution in [0.25, 0.3) is 43.7 Å². The topological polar surface area (TPSA) is 15.8 Å². The fraction of sp³-hybridized carbons (Fsp3) is 0.120. The molecule has 0 aliphatic carbocycles. The first-order valence-corrected chi connectivity index (χ1v) is 9.25. The molecule has 0 radical (unpaired) electrons. The Hall–Kier alpha value is -3.06. The number of fused-ring (bicyclic) bond motifs is 5. The van der Waals surface area contributed by atoms with Crippen LogP contribution < -0.4 is 0 Å². The van der Waals surface area contributed by atoms with E-state index >= 15 is 0 Å². The van der Waals surface area contributed by atoms with E-state index in [1.54, 1.807) is 0 Å². The van der Waals surface area contributed by atoms with Crippen LogP contribution in [-0.4, -0.2) is 4.98 Å². The van der Waals surface area contributed by atoms with E-state index in [2.05, 4.69) is 97.7 Å². The molecule has 0 unspecified atom stereocenters. The van der Waals surface area contributed by atoms with Gasteiger partial charge in [0.25, 0.3) is 0 Å². The lowest BCUT2D eigenvalue weighted by Gasteiger charge is -2.15. The van der Waals surface area contributed by atoms with Gasteiger partial charge < -0.3 is 4.98 Å². The SMILES string of the molecule is CC(C)c1ccccc1-c1cc2c3ccccc3[nH]c2c2ccccc12. The van der Waals surface area contributed by atoms with E-state index in [-0.39, 0.29) is 0 Å². The summed E-state index contributed by atoms with van der Waals surface area (Å²) in [4.78, 5) is 3.64. The van der Waals surface area contributed by atoms with Crippen molar-refractivity contribution >= 4 is 32.6 Å².